The van der Waals surface area contributed by atoms with Gasteiger partial charge in [0, 0.05) is 13.2 Å². The van der Waals surface area contributed by atoms with Gasteiger partial charge in [0.1, 0.15) is 11.6 Å². The van der Waals surface area contributed by atoms with E-state index in [9.17, 15) is 4.39 Å². The van der Waals surface area contributed by atoms with E-state index in [0.29, 0.717) is 24.9 Å². The molecule has 1 aromatic carbocycles. The maximum absolute atomic E-state index is 13.2. The minimum atomic E-state index is -0.295. The molecule has 0 bridgehead atoms. The Balaban J connectivity index is 2.86. The predicted molar refractivity (Wildman–Crippen MR) is 71.7 cm³/mol. The van der Waals surface area contributed by atoms with Crippen molar-refractivity contribution >= 4 is 5.69 Å². The van der Waals surface area contributed by atoms with Crippen LogP contribution in [0, 0.1) is 11.7 Å². The zero-order valence-electron chi connectivity index (χ0n) is 11.5. The van der Waals surface area contributed by atoms with E-state index in [2.05, 4.69) is 19.2 Å². The van der Waals surface area contributed by atoms with Gasteiger partial charge >= 0.3 is 0 Å². The highest BCUT2D eigenvalue weighted by molar-refractivity contribution is 5.57. The van der Waals surface area contributed by atoms with Crippen LogP contribution in [0.15, 0.2) is 18.2 Å². The van der Waals surface area contributed by atoms with Crippen molar-refractivity contribution in [2.24, 2.45) is 5.92 Å². The predicted octanol–water partition coefficient (Wildman–Crippen LogP) is 3.31. The maximum atomic E-state index is 13.2. The first-order valence-corrected chi connectivity index (χ1v) is 6.26. The SMILES string of the molecule is CCOc1cc(F)ccc1NC(COC)C(C)C. The molecule has 0 aliphatic rings. The number of halogens is 1. The van der Waals surface area contributed by atoms with E-state index >= 15 is 0 Å². The molecule has 0 fully saturated rings. The fourth-order valence-corrected chi connectivity index (χ4v) is 1.67. The second-order valence-corrected chi connectivity index (χ2v) is 4.52. The highest BCUT2D eigenvalue weighted by Crippen LogP contribution is 2.27. The molecule has 0 aliphatic carbocycles. The molecule has 1 aromatic rings. The Morgan fingerprint density at radius 1 is 1.33 bits per heavy atom. The van der Waals surface area contributed by atoms with Crippen molar-refractivity contribution < 1.29 is 13.9 Å². The van der Waals surface area contributed by atoms with E-state index in [1.54, 1.807) is 13.2 Å². The first-order chi connectivity index (χ1) is 8.58. The topological polar surface area (TPSA) is 30.5 Å². The van der Waals surface area contributed by atoms with Gasteiger partial charge in [-0.2, -0.15) is 0 Å². The molecule has 1 N–H and O–H groups in total. The van der Waals surface area contributed by atoms with E-state index in [-0.39, 0.29) is 11.9 Å². The van der Waals surface area contributed by atoms with Crippen LogP contribution in [0.25, 0.3) is 0 Å². The molecule has 0 aromatic heterocycles. The summed E-state index contributed by atoms with van der Waals surface area (Å²) in [5.41, 5.74) is 0.800. The quantitative estimate of drug-likeness (QED) is 0.811. The Morgan fingerprint density at radius 2 is 2.06 bits per heavy atom. The lowest BCUT2D eigenvalue weighted by atomic mass is 10.0. The van der Waals surface area contributed by atoms with Gasteiger partial charge in [0.15, 0.2) is 0 Å². The Labute approximate surface area is 108 Å². The van der Waals surface area contributed by atoms with Gasteiger partial charge in [0.25, 0.3) is 0 Å². The second-order valence-electron chi connectivity index (χ2n) is 4.52. The van der Waals surface area contributed by atoms with Crippen LogP contribution in [0.5, 0.6) is 5.75 Å². The van der Waals surface area contributed by atoms with E-state index in [1.807, 2.05) is 6.92 Å². The Bertz CT molecular complexity index is 369. The molecule has 0 saturated carbocycles. The van der Waals surface area contributed by atoms with Crippen molar-refractivity contribution in [1.82, 2.24) is 0 Å². The Morgan fingerprint density at radius 3 is 2.61 bits per heavy atom. The van der Waals surface area contributed by atoms with Crippen LogP contribution in [0.1, 0.15) is 20.8 Å². The first kappa shape index (κ1) is 14.8. The maximum Gasteiger partial charge on any atom is 0.145 e. The summed E-state index contributed by atoms with van der Waals surface area (Å²) >= 11 is 0. The zero-order chi connectivity index (χ0) is 13.5. The summed E-state index contributed by atoms with van der Waals surface area (Å²) in [6.45, 7) is 7.21. The first-order valence-electron chi connectivity index (χ1n) is 6.26. The smallest absolute Gasteiger partial charge is 0.145 e. The van der Waals surface area contributed by atoms with Crippen LogP contribution >= 0.6 is 0 Å². The van der Waals surface area contributed by atoms with Gasteiger partial charge in [0.2, 0.25) is 0 Å². The highest BCUT2D eigenvalue weighted by Gasteiger charge is 2.15. The molecule has 0 aliphatic heterocycles. The van der Waals surface area contributed by atoms with Crippen LogP contribution in [0.4, 0.5) is 10.1 Å². The van der Waals surface area contributed by atoms with E-state index < -0.39 is 0 Å². The monoisotopic (exact) mass is 255 g/mol. The molecule has 0 radical (unpaired) electrons. The van der Waals surface area contributed by atoms with Gasteiger partial charge < -0.3 is 14.8 Å². The van der Waals surface area contributed by atoms with Crippen LogP contribution in [-0.4, -0.2) is 26.4 Å². The molecule has 1 atom stereocenters. The summed E-state index contributed by atoms with van der Waals surface area (Å²) in [7, 11) is 1.67. The number of hydrogen-bond acceptors (Lipinski definition) is 3. The van der Waals surface area contributed by atoms with Crippen molar-refractivity contribution in [3.8, 4) is 5.75 Å². The molecule has 0 heterocycles. The molecule has 102 valence electrons. The van der Waals surface area contributed by atoms with Gasteiger partial charge in [0.05, 0.1) is 24.9 Å². The van der Waals surface area contributed by atoms with E-state index in [1.165, 1.54) is 12.1 Å². The van der Waals surface area contributed by atoms with Crippen molar-refractivity contribution in [3.05, 3.63) is 24.0 Å². The molecule has 1 unspecified atom stereocenters. The van der Waals surface area contributed by atoms with Crippen molar-refractivity contribution in [3.63, 3.8) is 0 Å². The molecule has 0 spiro atoms. The fourth-order valence-electron chi connectivity index (χ4n) is 1.67. The Kier molecular flexibility index (Phi) is 5.92. The lowest BCUT2D eigenvalue weighted by molar-refractivity contribution is 0.171. The summed E-state index contributed by atoms with van der Waals surface area (Å²) in [4.78, 5) is 0. The van der Waals surface area contributed by atoms with E-state index in [0.717, 1.165) is 5.69 Å². The van der Waals surface area contributed by atoms with Crippen molar-refractivity contribution in [2.75, 3.05) is 25.6 Å². The molecular weight excluding hydrogens is 233 g/mol. The lowest BCUT2D eigenvalue weighted by Gasteiger charge is -2.24. The normalized spacial score (nSPS) is 12.6. The summed E-state index contributed by atoms with van der Waals surface area (Å²) in [5.74, 6) is 0.653. The summed E-state index contributed by atoms with van der Waals surface area (Å²) in [6, 6.07) is 4.69. The number of methoxy groups -OCH3 is 1. The lowest BCUT2D eigenvalue weighted by Crippen LogP contribution is -2.30. The number of anilines is 1. The van der Waals surface area contributed by atoms with E-state index in [4.69, 9.17) is 9.47 Å². The van der Waals surface area contributed by atoms with Crippen molar-refractivity contribution in [2.45, 2.75) is 26.8 Å². The van der Waals surface area contributed by atoms with Crippen LogP contribution in [0.2, 0.25) is 0 Å². The molecule has 0 saturated heterocycles. The summed E-state index contributed by atoms with van der Waals surface area (Å²) < 4.78 is 23.8. The second kappa shape index (κ2) is 7.21. The number of hydrogen-bond donors (Lipinski definition) is 1. The molecular formula is C14H22FNO2. The van der Waals surface area contributed by atoms with Gasteiger partial charge in [-0.25, -0.2) is 4.39 Å². The van der Waals surface area contributed by atoms with Gasteiger partial charge in [-0.15, -0.1) is 0 Å². The highest BCUT2D eigenvalue weighted by atomic mass is 19.1. The van der Waals surface area contributed by atoms with Crippen LogP contribution < -0.4 is 10.1 Å². The number of nitrogens with one attached hydrogen (secondary N) is 1. The molecule has 3 nitrogen and oxygen atoms in total. The van der Waals surface area contributed by atoms with Crippen LogP contribution in [0.3, 0.4) is 0 Å². The standard InChI is InChI=1S/C14H22FNO2/c1-5-18-14-8-11(15)6-7-12(14)16-13(9-17-4)10(2)3/h6-8,10,13,16H,5,9H2,1-4H3. The number of benzene rings is 1. The summed E-state index contributed by atoms with van der Waals surface area (Å²) in [6.07, 6.45) is 0. The third-order valence-corrected chi connectivity index (χ3v) is 2.74. The largest absolute Gasteiger partial charge is 0.492 e. The fraction of sp³-hybridized carbons (Fsp3) is 0.571. The van der Waals surface area contributed by atoms with Gasteiger partial charge in [-0.1, -0.05) is 13.8 Å². The van der Waals surface area contributed by atoms with Gasteiger partial charge in [-0.3, -0.25) is 0 Å². The third-order valence-electron chi connectivity index (χ3n) is 2.74. The zero-order valence-corrected chi connectivity index (χ0v) is 11.5. The minimum Gasteiger partial charge on any atom is -0.492 e. The van der Waals surface area contributed by atoms with Crippen LogP contribution in [-0.2, 0) is 4.74 Å². The summed E-state index contributed by atoms with van der Waals surface area (Å²) in [5, 5.41) is 3.34. The minimum absolute atomic E-state index is 0.166. The number of ether oxygens (including phenoxy) is 2. The third kappa shape index (κ3) is 4.18. The van der Waals surface area contributed by atoms with Crippen molar-refractivity contribution in [1.29, 1.82) is 0 Å². The molecule has 18 heavy (non-hydrogen) atoms. The molecule has 1 rings (SSSR count). The molecule has 0 amide bonds. The average Bonchev–Trinajstić information content (AvgIpc) is 2.31. The molecule has 4 heteroatoms. The van der Waals surface area contributed by atoms with Gasteiger partial charge in [-0.05, 0) is 25.0 Å². The number of rotatable bonds is 7. The Hall–Kier alpha value is -1.29. The average molecular weight is 255 g/mol.